The van der Waals surface area contributed by atoms with E-state index in [2.05, 4.69) is 16.7 Å². The first-order chi connectivity index (χ1) is 11.2. The minimum atomic E-state index is -0.436. The fraction of sp³-hybridized carbons (Fsp3) is 0.611. The van der Waals surface area contributed by atoms with Gasteiger partial charge in [0.05, 0.1) is 5.56 Å². The van der Waals surface area contributed by atoms with E-state index in [0.29, 0.717) is 12.1 Å². The van der Waals surface area contributed by atoms with E-state index in [1.54, 1.807) is 12.1 Å². The third kappa shape index (κ3) is 3.89. The van der Waals surface area contributed by atoms with E-state index in [9.17, 15) is 4.39 Å². The van der Waals surface area contributed by atoms with Gasteiger partial charge in [-0.25, -0.2) is 4.39 Å². The van der Waals surface area contributed by atoms with Crippen molar-refractivity contribution >= 4 is 0 Å². The number of rotatable bonds is 3. The van der Waals surface area contributed by atoms with Crippen LogP contribution in [0.4, 0.5) is 4.39 Å². The highest BCUT2D eigenvalue weighted by molar-refractivity contribution is 5.34. The summed E-state index contributed by atoms with van der Waals surface area (Å²) in [6.45, 7) is 7.94. The lowest BCUT2D eigenvalue weighted by Gasteiger charge is -2.44. The van der Waals surface area contributed by atoms with Gasteiger partial charge >= 0.3 is 0 Å². The lowest BCUT2D eigenvalue weighted by molar-refractivity contribution is -0.00340. The molecule has 1 aromatic rings. The summed E-state index contributed by atoms with van der Waals surface area (Å²) in [7, 11) is 0. The van der Waals surface area contributed by atoms with E-state index >= 15 is 0 Å². The Bertz CT molecular complexity index is 580. The Morgan fingerprint density at radius 3 is 2.78 bits per heavy atom. The lowest BCUT2D eigenvalue weighted by Crippen LogP contribution is -2.55. The van der Waals surface area contributed by atoms with Crippen LogP contribution in [0.3, 0.4) is 0 Å². The van der Waals surface area contributed by atoms with Gasteiger partial charge in [0, 0.05) is 51.5 Å². The van der Waals surface area contributed by atoms with Crippen LogP contribution < -0.4 is 0 Å². The predicted octanol–water partition coefficient (Wildman–Crippen LogP) is 2.38. The Morgan fingerprint density at radius 1 is 1.30 bits per heavy atom. The van der Waals surface area contributed by atoms with Crippen LogP contribution in [-0.2, 0) is 11.3 Å². The highest BCUT2D eigenvalue weighted by Gasteiger charge is 2.29. The fourth-order valence-corrected chi connectivity index (χ4v) is 3.63. The van der Waals surface area contributed by atoms with E-state index in [1.165, 1.54) is 6.07 Å². The first-order valence-corrected chi connectivity index (χ1v) is 8.41. The monoisotopic (exact) mass is 317 g/mol. The molecule has 0 N–H and O–H groups in total. The maximum absolute atomic E-state index is 13.4. The van der Waals surface area contributed by atoms with Crippen LogP contribution in [0.2, 0.25) is 0 Å². The summed E-state index contributed by atoms with van der Waals surface area (Å²) in [6, 6.07) is 7.90. The average Bonchev–Trinajstić information content (AvgIpc) is 2.59. The summed E-state index contributed by atoms with van der Waals surface area (Å²) in [5.41, 5.74) is 1.14. The molecule has 4 nitrogen and oxygen atoms in total. The molecule has 0 aromatic heterocycles. The van der Waals surface area contributed by atoms with Crippen LogP contribution in [0.25, 0.3) is 0 Å². The largest absolute Gasteiger partial charge is 0.381 e. The summed E-state index contributed by atoms with van der Waals surface area (Å²) in [5.74, 6) is -0.436. The highest BCUT2D eigenvalue weighted by Crippen LogP contribution is 2.21. The minimum Gasteiger partial charge on any atom is -0.381 e. The van der Waals surface area contributed by atoms with E-state index in [4.69, 9.17) is 10.00 Å². The number of halogens is 1. The molecule has 0 spiro atoms. The van der Waals surface area contributed by atoms with Crippen molar-refractivity contribution in [3.05, 3.63) is 35.1 Å². The van der Waals surface area contributed by atoms with Gasteiger partial charge in [0.25, 0.3) is 0 Å². The standard InChI is InChI=1S/C18H24FN3O/c1-14-12-22(17-4-8-23-9-5-17)7-6-21(14)13-15-2-3-18(19)16(10-15)11-20/h2-3,10,14,17H,4-9,12-13H2,1H3/t14-/m0/s1. The van der Waals surface area contributed by atoms with Gasteiger partial charge in [-0.3, -0.25) is 9.80 Å². The smallest absolute Gasteiger partial charge is 0.140 e. The second-order valence-corrected chi connectivity index (χ2v) is 6.58. The van der Waals surface area contributed by atoms with Crippen molar-refractivity contribution in [3.63, 3.8) is 0 Å². The molecule has 0 bridgehead atoms. The maximum Gasteiger partial charge on any atom is 0.140 e. The molecule has 3 rings (SSSR count). The van der Waals surface area contributed by atoms with E-state index in [1.807, 2.05) is 6.07 Å². The summed E-state index contributed by atoms with van der Waals surface area (Å²) in [6.07, 6.45) is 2.27. The van der Waals surface area contributed by atoms with Gasteiger partial charge < -0.3 is 4.74 Å². The highest BCUT2D eigenvalue weighted by atomic mass is 19.1. The minimum absolute atomic E-state index is 0.135. The van der Waals surface area contributed by atoms with Crippen molar-refractivity contribution in [2.45, 2.75) is 38.4 Å². The van der Waals surface area contributed by atoms with E-state index < -0.39 is 5.82 Å². The Balaban J connectivity index is 1.59. The summed E-state index contributed by atoms with van der Waals surface area (Å²) in [5, 5.41) is 8.96. The van der Waals surface area contributed by atoms with Crippen LogP contribution in [0, 0.1) is 17.1 Å². The van der Waals surface area contributed by atoms with Gasteiger partial charge in [0.15, 0.2) is 0 Å². The third-order valence-corrected chi connectivity index (χ3v) is 5.04. The number of nitriles is 1. The Hall–Kier alpha value is -1.48. The zero-order chi connectivity index (χ0) is 16.2. The molecule has 0 unspecified atom stereocenters. The van der Waals surface area contributed by atoms with Crippen LogP contribution in [-0.4, -0.2) is 54.7 Å². The molecule has 1 atom stereocenters. The van der Waals surface area contributed by atoms with Crippen molar-refractivity contribution in [2.24, 2.45) is 0 Å². The molecule has 23 heavy (non-hydrogen) atoms. The molecule has 2 saturated heterocycles. The Morgan fingerprint density at radius 2 is 2.09 bits per heavy atom. The van der Waals surface area contributed by atoms with Crippen LogP contribution in [0.1, 0.15) is 30.9 Å². The Kier molecular flexibility index (Phi) is 5.27. The maximum atomic E-state index is 13.4. The number of hydrogen-bond acceptors (Lipinski definition) is 4. The summed E-state index contributed by atoms with van der Waals surface area (Å²) < 4.78 is 18.9. The van der Waals surface area contributed by atoms with E-state index in [-0.39, 0.29) is 5.56 Å². The second kappa shape index (κ2) is 7.39. The van der Waals surface area contributed by atoms with Crippen molar-refractivity contribution in [1.82, 2.24) is 9.80 Å². The van der Waals surface area contributed by atoms with Crippen molar-refractivity contribution in [3.8, 4) is 6.07 Å². The number of nitrogens with zero attached hydrogens (tertiary/aromatic N) is 3. The molecule has 2 heterocycles. The predicted molar refractivity (Wildman–Crippen MR) is 86.4 cm³/mol. The molecule has 124 valence electrons. The zero-order valence-corrected chi connectivity index (χ0v) is 13.7. The molecule has 0 amide bonds. The first kappa shape index (κ1) is 16.4. The fourth-order valence-electron chi connectivity index (χ4n) is 3.63. The first-order valence-electron chi connectivity index (χ1n) is 8.41. The van der Waals surface area contributed by atoms with Gasteiger partial charge in [-0.2, -0.15) is 5.26 Å². The number of piperazine rings is 1. The summed E-state index contributed by atoms with van der Waals surface area (Å²) >= 11 is 0. The zero-order valence-electron chi connectivity index (χ0n) is 13.7. The molecule has 0 saturated carbocycles. The van der Waals surface area contributed by atoms with Crippen LogP contribution >= 0.6 is 0 Å². The SMILES string of the molecule is C[C@H]1CN(C2CCOCC2)CCN1Cc1ccc(F)c(C#N)c1. The molecule has 0 radical (unpaired) electrons. The molecule has 0 aliphatic carbocycles. The molecular weight excluding hydrogens is 293 g/mol. The van der Waals surface area contributed by atoms with E-state index in [0.717, 1.165) is 57.8 Å². The molecule has 2 aliphatic heterocycles. The quantitative estimate of drug-likeness (QED) is 0.858. The normalized spacial score (nSPS) is 24.5. The van der Waals surface area contributed by atoms with Gasteiger partial charge in [0.1, 0.15) is 11.9 Å². The van der Waals surface area contributed by atoms with Crippen molar-refractivity contribution in [1.29, 1.82) is 5.26 Å². The van der Waals surface area contributed by atoms with Gasteiger partial charge in [-0.15, -0.1) is 0 Å². The Labute approximate surface area is 137 Å². The molecule has 2 fully saturated rings. The molecule has 5 heteroatoms. The molecule has 2 aliphatic rings. The third-order valence-electron chi connectivity index (χ3n) is 5.04. The van der Waals surface area contributed by atoms with Gasteiger partial charge in [-0.05, 0) is 37.5 Å². The topological polar surface area (TPSA) is 39.5 Å². The van der Waals surface area contributed by atoms with Crippen molar-refractivity contribution < 1.29 is 9.13 Å². The second-order valence-electron chi connectivity index (χ2n) is 6.58. The lowest BCUT2D eigenvalue weighted by atomic mass is 10.0. The summed E-state index contributed by atoms with van der Waals surface area (Å²) in [4.78, 5) is 5.01. The number of benzene rings is 1. The molecular formula is C18H24FN3O. The van der Waals surface area contributed by atoms with Crippen LogP contribution in [0.15, 0.2) is 18.2 Å². The average molecular weight is 317 g/mol. The van der Waals surface area contributed by atoms with Crippen LogP contribution in [0.5, 0.6) is 0 Å². The van der Waals surface area contributed by atoms with Gasteiger partial charge in [-0.1, -0.05) is 6.07 Å². The van der Waals surface area contributed by atoms with Gasteiger partial charge in [0.2, 0.25) is 0 Å². The number of hydrogen-bond donors (Lipinski definition) is 0. The number of ether oxygens (including phenoxy) is 1. The van der Waals surface area contributed by atoms with Crippen molar-refractivity contribution in [2.75, 3.05) is 32.8 Å². The molecule has 1 aromatic carbocycles.